The molecule has 0 atom stereocenters. The predicted octanol–water partition coefficient (Wildman–Crippen LogP) is 4.75. The van der Waals surface area contributed by atoms with E-state index in [4.69, 9.17) is 4.98 Å². The molecule has 2 aromatic carbocycles. The molecule has 0 aliphatic carbocycles. The molecule has 2 aromatic heterocycles. The lowest BCUT2D eigenvalue weighted by molar-refractivity contribution is -0.121. The van der Waals surface area contributed by atoms with Crippen LogP contribution in [0.4, 0.5) is 10.8 Å². The Morgan fingerprint density at radius 1 is 1.03 bits per heavy atom. The Bertz CT molecular complexity index is 1380. The molecule has 0 N–H and O–H groups in total. The van der Waals surface area contributed by atoms with Gasteiger partial charge in [-0.05, 0) is 48.4 Å². The molecule has 1 saturated heterocycles. The summed E-state index contributed by atoms with van der Waals surface area (Å²) in [5, 5.41) is 0.574. The molecule has 0 saturated carbocycles. The number of para-hydroxylation sites is 1. The number of aryl methyl sites for hydroxylation is 1. The summed E-state index contributed by atoms with van der Waals surface area (Å²) < 4.78 is 1.01. The summed E-state index contributed by atoms with van der Waals surface area (Å²) >= 11 is 1.46. The van der Waals surface area contributed by atoms with Crippen LogP contribution in [-0.2, 0) is 22.6 Å². The molecule has 0 spiro atoms. The first-order valence-electron chi connectivity index (χ1n) is 11.1. The Balaban J connectivity index is 1.56. The number of anilines is 2. The average Bonchev–Trinajstić information content (AvgIpc) is 3.45. The number of hydrogen-bond acceptors (Lipinski definition) is 6. The van der Waals surface area contributed by atoms with E-state index in [9.17, 15) is 14.4 Å². The van der Waals surface area contributed by atoms with Crippen molar-refractivity contribution < 1.29 is 14.4 Å². The number of carbonyl (C=O) groups excluding carboxylic acids is 3. The number of fused-ring (bicyclic) bond motifs is 1. The van der Waals surface area contributed by atoms with Crippen molar-refractivity contribution in [3.8, 4) is 0 Å². The standard InChI is InChI=1S/C26H22N4O3S/c1-2-17-7-6-11-21-24(17)28-26(34-21)29(16-19-9-3-4-14-27-19)25(33)18-8-5-10-20(15-18)30-22(31)12-13-23(30)32/h3-11,14-15H,2,12-13,16H2,1H3. The highest BCUT2D eigenvalue weighted by molar-refractivity contribution is 7.22. The van der Waals surface area contributed by atoms with Crippen molar-refractivity contribution in [2.75, 3.05) is 9.80 Å². The largest absolute Gasteiger partial charge is 0.278 e. The molecule has 4 aromatic rings. The third-order valence-corrected chi connectivity index (χ3v) is 6.84. The number of pyridine rings is 1. The first kappa shape index (κ1) is 21.9. The van der Waals surface area contributed by atoms with Crippen LogP contribution in [0.3, 0.4) is 0 Å². The normalized spacial score (nSPS) is 13.6. The van der Waals surface area contributed by atoms with Crippen LogP contribution in [0.2, 0.25) is 0 Å². The van der Waals surface area contributed by atoms with E-state index in [-0.39, 0.29) is 37.1 Å². The second-order valence-electron chi connectivity index (χ2n) is 8.00. The Labute approximate surface area is 200 Å². The topological polar surface area (TPSA) is 83.5 Å². The van der Waals surface area contributed by atoms with Gasteiger partial charge in [0.05, 0.1) is 28.1 Å². The second-order valence-corrected chi connectivity index (χ2v) is 9.01. The van der Waals surface area contributed by atoms with Gasteiger partial charge < -0.3 is 0 Å². The van der Waals surface area contributed by atoms with Gasteiger partial charge in [-0.1, -0.05) is 42.5 Å². The maximum atomic E-state index is 13.8. The summed E-state index contributed by atoms with van der Waals surface area (Å²) in [4.78, 5) is 50.2. The van der Waals surface area contributed by atoms with Crippen LogP contribution in [0.25, 0.3) is 10.2 Å². The van der Waals surface area contributed by atoms with Gasteiger partial charge in [-0.3, -0.25) is 29.2 Å². The van der Waals surface area contributed by atoms with E-state index >= 15 is 0 Å². The van der Waals surface area contributed by atoms with Crippen LogP contribution in [0, 0.1) is 0 Å². The van der Waals surface area contributed by atoms with Gasteiger partial charge in [-0.15, -0.1) is 0 Å². The van der Waals surface area contributed by atoms with Crippen LogP contribution >= 0.6 is 11.3 Å². The molecule has 0 radical (unpaired) electrons. The van der Waals surface area contributed by atoms with Gasteiger partial charge in [-0.2, -0.15) is 0 Å². The number of benzene rings is 2. The van der Waals surface area contributed by atoms with E-state index in [0.717, 1.165) is 32.8 Å². The SMILES string of the molecule is CCc1cccc2sc(N(Cc3ccccn3)C(=O)c3cccc(N4C(=O)CCC4=O)c3)nc12. The quantitative estimate of drug-likeness (QED) is 0.380. The van der Waals surface area contributed by atoms with E-state index in [0.29, 0.717) is 16.4 Å². The smallest absolute Gasteiger partial charge is 0.260 e. The summed E-state index contributed by atoms with van der Waals surface area (Å²) in [5.41, 5.74) is 3.53. The molecule has 7 nitrogen and oxygen atoms in total. The molecule has 3 heterocycles. The summed E-state index contributed by atoms with van der Waals surface area (Å²) in [6, 6.07) is 18.3. The highest BCUT2D eigenvalue weighted by Crippen LogP contribution is 2.33. The van der Waals surface area contributed by atoms with Gasteiger partial charge in [0.25, 0.3) is 5.91 Å². The molecular weight excluding hydrogens is 448 g/mol. The van der Waals surface area contributed by atoms with Gasteiger partial charge in [0.2, 0.25) is 11.8 Å². The van der Waals surface area contributed by atoms with Crippen molar-refractivity contribution in [2.45, 2.75) is 32.7 Å². The van der Waals surface area contributed by atoms with Crippen molar-refractivity contribution in [3.05, 3.63) is 83.7 Å². The maximum Gasteiger partial charge on any atom is 0.260 e. The van der Waals surface area contributed by atoms with Gasteiger partial charge in [0.1, 0.15) is 0 Å². The van der Waals surface area contributed by atoms with Crippen molar-refractivity contribution in [2.24, 2.45) is 0 Å². The summed E-state index contributed by atoms with van der Waals surface area (Å²) in [6.45, 7) is 2.32. The Morgan fingerprint density at radius 3 is 2.56 bits per heavy atom. The third-order valence-electron chi connectivity index (χ3n) is 5.80. The monoisotopic (exact) mass is 470 g/mol. The number of imide groups is 1. The molecule has 1 fully saturated rings. The lowest BCUT2D eigenvalue weighted by Crippen LogP contribution is -2.32. The van der Waals surface area contributed by atoms with Crippen LogP contribution in [0.15, 0.2) is 66.9 Å². The van der Waals surface area contributed by atoms with Gasteiger partial charge in [-0.25, -0.2) is 4.98 Å². The molecule has 5 rings (SSSR count). The summed E-state index contributed by atoms with van der Waals surface area (Å²) in [5.74, 6) is -0.778. The summed E-state index contributed by atoms with van der Waals surface area (Å²) in [7, 11) is 0. The Hall–Kier alpha value is -3.91. The molecular formula is C26H22N4O3S. The number of thiazole rings is 1. The minimum Gasteiger partial charge on any atom is -0.278 e. The van der Waals surface area contributed by atoms with Crippen LogP contribution in [0.1, 0.15) is 41.4 Å². The molecule has 0 bridgehead atoms. The second kappa shape index (κ2) is 9.15. The van der Waals surface area contributed by atoms with Crippen molar-refractivity contribution >= 4 is 50.1 Å². The highest BCUT2D eigenvalue weighted by Gasteiger charge is 2.31. The molecule has 0 unspecified atom stereocenters. The van der Waals surface area contributed by atoms with Crippen LogP contribution in [-0.4, -0.2) is 27.7 Å². The molecule has 1 aliphatic heterocycles. The van der Waals surface area contributed by atoms with Crippen LogP contribution < -0.4 is 9.80 Å². The van der Waals surface area contributed by atoms with Crippen LogP contribution in [0.5, 0.6) is 0 Å². The fraction of sp³-hybridized carbons (Fsp3) is 0.192. The Morgan fingerprint density at radius 2 is 1.82 bits per heavy atom. The zero-order valence-electron chi connectivity index (χ0n) is 18.6. The van der Waals surface area contributed by atoms with Gasteiger partial charge >= 0.3 is 0 Å². The van der Waals surface area contributed by atoms with E-state index in [1.807, 2.05) is 36.4 Å². The molecule has 34 heavy (non-hydrogen) atoms. The minimum absolute atomic E-state index is 0.189. The lowest BCUT2D eigenvalue weighted by Gasteiger charge is -2.21. The number of hydrogen-bond donors (Lipinski definition) is 0. The first-order valence-corrected chi connectivity index (χ1v) is 11.9. The third kappa shape index (κ3) is 4.08. The highest BCUT2D eigenvalue weighted by atomic mass is 32.1. The van der Waals surface area contributed by atoms with E-state index in [1.165, 1.54) is 11.3 Å². The molecule has 170 valence electrons. The average molecular weight is 471 g/mol. The number of rotatable bonds is 6. The number of aromatic nitrogens is 2. The van der Waals surface area contributed by atoms with Crippen molar-refractivity contribution in [1.29, 1.82) is 0 Å². The number of carbonyl (C=O) groups is 3. The minimum atomic E-state index is -0.274. The Kier molecular flexibility index (Phi) is 5.90. The number of amides is 3. The maximum absolute atomic E-state index is 13.8. The van der Waals surface area contributed by atoms with Gasteiger partial charge in [0, 0.05) is 24.6 Å². The van der Waals surface area contributed by atoms with E-state index < -0.39 is 0 Å². The zero-order valence-corrected chi connectivity index (χ0v) is 19.4. The summed E-state index contributed by atoms with van der Waals surface area (Å²) in [6.07, 6.45) is 2.91. The van der Waals surface area contributed by atoms with E-state index in [2.05, 4.69) is 11.9 Å². The number of nitrogens with zero attached hydrogens (tertiary/aromatic N) is 4. The fourth-order valence-electron chi connectivity index (χ4n) is 4.07. The van der Waals surface area contributed by atoms with Gasteiger partial charge in [0.15, 0.2) is 5.13 Å². The van der Waals surface area contributed by atoms with Crippen molar-refractivity contribution in [1.82, 2.24) is 9.97 Å². The lowest BCUT2D eigenvalue weighted by atomic mass is 10.1. The van der Waals surface area contributed by atoms with E-state index in [1.54, 1.807) is 35.4 Å². The first-order chi connectivity index (χ1) is 16.5. The zero-order chi connectivity index (χ0) is 23.7. The molecule has 1 aliphatic rings. The molecule has 8 heteroatoms. The fourth-order valence-corrected chi connectivity index (χ4v) is 5.08. The van der Waals surface area contributed by atoms with Crippen molar-refractivity contribution in [3.63, 3.8) is 0 Å². The molecule has 3 amide bonds. The predicted molar refractivity (Wildman–Crippen MR) is 132 cm³/mol.